The van der Waals surface area contributed by atoms with Crippen LogP contribution in [0.1, 0.15) is 43.5 Å². The van der Waals surface area contributed by atoms with Crippen molar-refractivity contribution in [2.24, 2.45) is 5.41 Å². The molecule has 21 heavy (non-hydrogen) atoms. The molecule has 1 aromatic rings. The third-order valence-electron chi connectivity index (χ3n) is 3.97. The first-order valence-electron chi connectivity index (χ1n) is 6.96. The zero-order valence-corrected chi connectivity index (χ0v) is 13.4. The Morgan fingerprint density at radius 1 is 1.43 bits per heavy atom. The van der Waals surface area contributed by atoms with Crippen LogP contribution in [0.3, 0.4) is 0 Å². The molecule has 0 radical (unpaired) electrons. The molecule has 1 atom stereocenters. The van der Waals surface area contributed by atoms with Gasteiger partial charge in [-0.25, -0.2) is 4.79 Å². The van der Waals surface area contributed by atoms with Crippen LogP contribution in [-0.2, 0) is 4.79 Å². The van der Waals surface area contributed by atoms with Crippen LogP contribution in [0.25, 0.3) is 0 Å². The summed E-state index contributed by atoms with van der Waals surface area (Å²) in [4.78, 5) is 24.3. The SMILES string of the molecule is CC(NC(=O)NCC1(C(=O)O)CCCC1)c1ccc(Cl)s1. The van der Waals surface area contributed by atoms with E-state index in [0.717, 1.165) is 17.7 Å². The molecule has 0 aliphatic heterocycles. The van der Waals surface area contributed by atoms with Gasteiger partial charge in [0.05, 0.1) is 15.8 Å². The van der Waals surface area contributed by atoms with Gasteiger partial charge in [0.25, 0.3) is 0 Å². The molecule has 1 fully saturated rings. The summed E-state index contributed by atoms with van der Waals surface area (Å²) in [5, 5.41) is 14.8. The minimum absolute atomic E-state index is 0.160. The Bertz CT molecular complexity index is 526. The second-order valence-electron chi connectivity index (χ2n) is 5.48. The number of nitrogens with one attached hydrogen (secondary N) is 2. The summed E-state index contributed by atoms with van der Waals surface area (Å²) in [6.45, 7) is 2.04. The van der Waals surface area contributed by atoms with Crippen LogP contribution in [0.2, 0.25) is 4.34 Å². The van der Waals surface area contributed by atoms with Crippen molar-refractivity contribution in [2.45, 2.75) is 38.6 Å². The third kappa shape index (κ3) is 3.89. The second kappa shape index (κ2) is 6.66. The highest BCUT2D eigenvalue weighted by molar-refractivity contribution is 7.16. The number of thiophene rings is 1. The molecule has 1 aromatic heterocycles. The van der Waals surface area contributed by atoms with E-state index in [1.54, 1.807) is 6.07 Å². The van der Waals surface area contributed by atoms with Crippen LogP contribution < -0.4 is 10.6 Å². The monoisotopic (exact) mass is 330 g/mol. The van der Waals surface area contributed by atoms with E-state index in [1.165, 1.54) is 11.3 Å². The molecule has 5 nitrogen and oxygen atoms in total. The summed E-state index contributed by atoms with van der Waals surface area (Å²) in [5.41, 5.74) is -0.799. The molecule has 0 saturated heterocycles. The highest BCUT2D eigenvalue weighted by Gasteiger charge is 2.41. The Balaban J connectivity index is 1.85. The molecule has 1 aliphatic carbocycles. The van der Waals surface area contributed by atoms with Crippen LogP contribution in [-0.4, -0.2) is 23.7 Å². The number of rotatable bonds is 5. The van der Waals surface area contributed by atoms with Crippen molar-refractivity contribution in [2.75, 3.05) is 6.54 Å². The lowest BCUT2D eigenvalue weighted by molar-refractivity contribution is -0.148. The number of urea groups is 1. The van der Waals surface area contributed by atoms with Gasteiger partial charge in [0.2, 0.25) is 0 Å². The van der Waals surface area contributed by atoms with Gasteiger partial charge in [0.15, 0.2) is 0 Å². The molecule has 1 saturated carbocycles. The van der Waals surface area contributed by atoms with Gasteiger partial charge in [-0.3, -0.25) is 4.79 Å². The largest absolute Gasteiger partial charge is 0.481 e. The average Bonchev–Trinajstić information content (AvgIpc) is 3.06. The fourth-order valence-electron chi connectivity index (χ4n) is 2.65. The number of halogens is 1. The lowest BCUT2D eigenvalue weighted by Crippen LogP contribution is -2.45. The number of amides is 2. The Morgan fingerprint density at radius 2 is 2.10 bits per heavy atom. The van der Waals surface area contributed by atoms with Crippen molar-refractivity contribution < 1.29 is 14.7 Å². The first-order valence-corrected chi connectivity index (χ1v) is 8.15. The molecular formula is C14H19ClN2O3S. The summed E-state index contributed by atoms with van der Waals surface area (Å²) < 4.78 is 0.676. The van der Waals surface area contributed by atoms with E-state index in [9.17, 15) is 14.7 Å². The zero-order chi connectivity index (χ0) is 15.5. The minimum Gasteiger partial charge on any atom is -0.481 e. The number of carbonyl (C=O) groups excluding carboxylic acids is 1. The summed E-state index contributed by atoms with van der Waals surface area (Å²) >= 11 is 7.28. The van der Waals surface area contributed by atoms with E-state index < -0.39 is 11.4 Å². The van der Waals surface area contributed by atoms with Crippen molar-refractivity contribution in [1.29, 1.82) is 0 Å². The van der Waals surface area contributed by atoms with Gasteiger partial charge in [0.1, 0.15) is 0 Å². The molecule has 0 bridgehead atoms. The standard InChI is InChI=1S/C14H19ClN2O3S/c1-9(10-4-5-11(15)21-10)17-13(20)16-8-14(12(18)19)6-2-3-7-14/h4-5,9H,2-3,6-8H2,1H3,(H,18,19)(H2,16,17,20). The lowest BCUT2D eigenvalue weighted by atomic mass is 9.86. The van der Waals surface area contributed by atoms with Crippen LogP contribution in [0.15, 0.2) is 12.1 Å². The molecule has 3 N–H and O–H groups in total. The van der Waals surface area contributed by atoms with Gasteiger partial charge < -0.3 is 15.7 Å². The average molecular weight is 331 g/mol. The van der Waals surface area contributed by atoms with E-state index in [2.05, 4.69) is 10.6 Å². The molecular weight excluding hydrogens is 312 g/mol. The van der Waals surface area contributed by atoms with E-state index in [-0.39, 0.29) is 18.6 Å². The maximum absolute atomic E-state index is 11.9. The van der Waals surface area contributed by atoms with Crippen LogP contribution in [0.5, 0.6) is 0 Å². The Kier molecular flexibility index (Phi) is 5.11. The minimum atomic E-state index is -0.821. The molecule has 116 valence electrons. The lowest BCUT2D eigenvalue weighted by Gasteiger charge is -2.24. The number of carboxylic acid groups (broad SMARTS) is 1. The van der Waals surface area contributed by atoms with Gasteiger partial charge in [0, 0.05) is 11.4 Å². The van der Waals surface area contributed by atoms with Gasteiger partial charge in [-0.1, -0.05) is 24.4 Å². The Hall–Kier alpha value is -1.27. The molecule has 1 unspecified atom stereocenters. The molecule has 0 aromatic carbocycles. The van der Waals surface area contributed by atoms with Crippen LogP contribution in [0.4, 0.5) is 4.79 Å². The second-order valence-corrected chi connectivity index (χ2v) is 7.23. The number of hydrogen-bond acceptors (Lipinski definition) is 3. The molecule has 1 aliphatic rings. The highest BCUT2D eigenvalue weighted by Crippen LogP contribution is 2.37. The summed E-state index contributed by atoms with van der Waals surface area (Å²) in [6.07, 6.45) is 3.05. The summed E-state index contributed by atoms with van der Waals surface area (Å²) in [6, 6.07) is 3.15. The van der Waals surface area contributed by atoms with Crippen molar-refractivity contribution >= 4 is 34.9 Å². The molecule has 7 heteroatoms. The first kappa shape index (κ1) is 16.1. The molecule has 2 rings (SSSR count). The number of carbonyl (C=O) groups is 2. The van der Waals surface area contributed by atoms with Gasteiger partial charge in [-0.2, -0.15) is 0 Å². The van der Waals surface area contributed by atoms with Crippen molar-refractivity contribution in [3.8, 4) is 0 Å². The number of hydrogen-bond donors (Lipinski definition) is 3. The fraction of sp³-hybridized carbons (Fsp3) is 0.571. The van der Waals surface area contributed by atoms with E-state index in [1.807, 2.05) is 13.0 Å². The zero-order valence-electron chi connectivity index (χ0n) is 11.8. The maximum atomic E-state index is 11.9. The summed E-state index contributed by atoms with van der Waals surface area (Å²) in [7, 11) is 0. The smallest absolute Gasteiger partial charge is 0.315 e. The van der Waals surface area contributed by atoms with E-state index in [4.69, 9.17) is 11.6 Å². The molecule has 0 spiro atoms. The number of aliphatic carboxylic acids is 1. The highest BCUT2D eigenvalue weighted by atomic mass is 35.5. The number of carboxylic acids is 1. The van der Waals surface area contributed by atoms with Crippen LogP contribution >= 0.6 is 22.9 Å². The topological polar surface area (TPSA) is 78.4 Å². The quantitative estimate of drug-likeness (QED) is 0.774. The predicted octanol–water partition coefficient (Wildman–Crippen LogP) is 3.41. The maximum Gasteiger partial charge on any atom is 0.315 e. The van der Waals surface area contributed by atoms with Gasteiger partial charge in [-0.15, -0.1) is 11.3 Å². The van der Waals surface area contributed by atoms with Crippen molar-refractivity contribution in [3.05, 3.63) is 21.3 Å². The van der Waals surface area contributed by atoms with Crippen LogP contribution in [0, 0.1) is 5.41 Å². The van der Waals surface area contributed by atoms with E-state index in [0.29, 0.717) is 17.2 Å². The molecule has 2 amide bonds. The van der Waals surface area contributed by atoms with Gasteiger partial charge in [-0.05, 0) is 31.9 Å². The van der Waals surface area contributed by atoms with Gasteiger partial charge >= 0.3 is 12.0 Å². The van der Waals surface area contributed by atoms with Crippen molar-refractivity contribution in [3.63, 3.8) is 0 Å². The normalized spacial score (nSPS) is 18.2. The fourth-order valence-corrected chi connectivity index (χ4v) is 3.71. The Morgan fingerprint density at radius 3 is 2.62 bits per heavy atom. The Labute approximate surface area is 132 Å². The first-order chi connectivity index (χ1) is 9.93. The predicted molar refractivity (Wildman–Crippen MR) is 82.8 cm³/mol. The molecule has 1 heterocycles. The summed E-state index contributed by atoms with van der Waals surface area (Å²) in [5.74, 6) is -0.821. The van der Waals surface area contributed by atoms with Crippen molar-refractivity contribution in [1.82, 2.24) is 10.6 Å². The van der Waals surface area contributed by atoms with E-state index >= 15 is 0 Å². The third-order valence-corrected chi connectivity index (χ3v) is 5.38.